The Morgan fingerprint density at radius 1 is 0.974 bits per heavy atom. The first-order chi connectivity index (χ1) is 18.9. The Morgan fingerprint density at radius 2 is 1.74 bits per heavy atom. The molecule has 1 aromatic heterocycles. The molecule has 4 aromatic rings. The molecule has 9 nitrogen and oxygen atoms in total. The number of ketones is 1. The average Bonchev–Trinajstić information content (AvgIpc) is 3.49. The molecule has 1 unspecified atom stereocenters. The first kappa shape index (κ1) is 24.7. The normalized spacial score (nSPS) is 18.0. The summed E-state index contributed by atoms with van der Waals surface area (Å²) >= 11 is 1.30. The van der Waals surface area contributed by atoms with E-state index in [4.69, 9.17) is 18.9 Å². The smallest absolute Gasteiger partial charge is 0.301 e. The SMILES string of the molecule is COc1ccc(C2/C(=C(\O)c3ccc4c(c3)OCCO4)C(=O)C(=O)N2c2nc3ccc(C)cc3s2)cc1OC. The number of methoxy groups -OCH3 is 2. The summed E-state index contributed by atoms with van der Waals surface area (Å²) in [5.74, 6) is -0.0460. The third kappa shape index (κ3) is 4.13. The van der Waals surface area contributed by atoms with Crippen molar-refractivity contribution in [2.45, 2.75) is 13.0 Å². The van der Waals surface area contributed by atoms with Crippen LogP contribution < -0.4 is 23.8 Å². The van der Waals surface area contributed by atoms with Crippen molar-refractivity contribution in [3.63, 3.8) is 0 Å². The van der Waals surface area contributed by atoms with E-state index in [0.717, 1.165) is 10.3 Å². The number of amides is 1. The third-order valence-corrected chi connectivity index (χ3v) is 7.74. The maximum absolute atomic E-state index is 13.6. The van der Waals surface area contributed by atoms with Crippen molar-refractivity contribution >= 4 is 44.1 Å². The molecule has 0 radical (unpaired) electrons. The van der Waals surface area contributed by atoms with Crippen molar-refractivity contribution in [2.24, 2.45) is 0 Å². The molecule has 39 heavy (non-hydrogen) atoms. The number of aliphatic hydroxyl groups excluding tert-OH is 1. The zero-order valence-electron chi connectivity index (χ0n) is 21.4. The number of carbonyl (C=O) groups is 2. The van der Waals surface area contributed by atoms with Gasteiger partial charge in [0.05, 0.1) is 36.1 Å². The molecule has 1 N–H and O–H groups in total. The van der Waals surface area contributed by atoms with Crippen LogP contribution >= 0.6 is 11.3 Å². The summed E-state index contributed by atoms with van der Waals surface area (Å²) < 4.78 is 23.0. The number of benzene rings is 3. The number of hydrogen-bond acceptors (Lipinski definition) is 9. The highest BCUT2D eigenvalue weighted by atomic mass is 32.1. The largest absolute Gasteiger partial charge is 0.507 e. The van der Waals surface area contributed by atoms with Gasteiger partial charge in [-0.1, -0.05) is 23.5 Å². The van der Waals surface area contributed by atoms with Gasteiger partial charge in [0.2, 0.25) is 0 Å². The molecular weight excluding hydrogens is 520 g/mol. The predicted molar refractivity (Wildman–Crippen MR) is 146 cm³/mol. The Balaban J connectivity index is 1.56. The van der Waals surface area contributed by atoms with E-state index < -0.39 is 17.7 Å². The zero-order chi connectivity index (χ0) is 27.3. The number of aryl methyl sites for hydroxylation is 1. The third-order valence-electron chi connectivity index (χ3n) is 6.72. The Labute approximate surface area is 227 Å². The molecule has 10 heteroatoms. The fraction of sp³-hybridized carbons (Fsp3) is 0.207. The second kappa shape index (κ2) is 9.63. The summed E-state index contributed by atoms with van der Waals surface area (Å²) in [7, 11) is 3.03. The number of fused-ring (bicyclic) bond motifs is 2. The lowest BCUT2D eigenvalue weighted by Crippen LogP contribution is -2.29. The Kier molecular flexibility index (Phi) is 6.11. The van der Waals surface area contributed by atoms with E-state index in [9.17, 15) is 14.7 Å². The van der Waals surface area contributed by atoms with E-state index in [1.165, 1.54) is 30.5 Å². The highest BCUT2D eigenvalue weighted by Crippen LogP contribution is 2.46. The zero-order valence-corrected chi connectivity index (χ0v) is 22.2. The molecule has 1 fully saturated rings. The maximum Gasteiger partial charge on any atom is 0.301 e. The maximum atomic E-state index is 13.6. The van der Waals surface area contributed by atoms with Gasteiger partial charge in [-0.2, -0.15) is 0 Å². The number of nitrogens with zero attached hydrogens (tertiary/aromatic N) is 2. The second-order valence-electron chi connectivity index (χ2n) is 9.11. The van der Waals surface area contributed by atoms with Crippen molar-refractivity contribution in [2.75, 3.05) is 32.3 Å². The highest BCUT2D eigenvalue weighted by molar-refractivity contribution is 7.22. The van der Waals surface area contributed by atoms with Crippen LogP contribution in [0.1, 0.15) is 22.7 Å². The fourth-order valence-electron chi connectivity index (χ4n) is 4.84. The number of ether oxygens (including phenoxy) is 4. The fourth-order valence-corrected chi connectivity index (χ4v) is 5.93. The average molecular weight is 545 g/mol. The van der Waals surface area contributed by atoms with Crippen LogP contribution in [0.4, 0.5) is 5.13 Å². The van der Waals surface area contributed by atoms with E-state index in [-0.39, 0.29) is 11.3 Å². The number of hydrogen-bond donors (Lipinski definition) is 1. The number of carbonyl (C=O) groups excluding carboxylic acids is 2. The number of Topliss-reactive ketones (excluding diaryl/α,β-unsaturated/α-hetero) is 1. The summed E-state index contributed by atoms with van der Waals surface area (Å²) in [6.45, 7) is 2.76. The van der Waals surface area contributed by atoms with Gasteiger partial charge in [0, 0.05) is 5.56 Å². The van der Waals surface area contributed by atoms with Crippen LogP contribution in [-0.4, -0.2) is 49.2 Å². The van der Waals surface area contributed by atoms with Crippen LogP contribution in [0.15, 0.2) is 60.2 Å². The summed E-state index contributed by atoms with van der Waals surface area (Å²) in [4.78, 5) is 33.2. The van der Waals surface area contributed by atoms with Crippen LogP contribution in [-0.2, 0) is 9.59 Å². The van der Waals surface area contributed by atoms with Crippen LogP contribution in [0.5, 0.6) is 23.0 Å². The molecule has 1 atom stereocenters. The monoisotopic (exact) mass is 544 g/mol. The molecule has 2 aliphatic rings. The molecule has 0 bridgehead atoms. The summed E-state index contributed by atoms with van der Waals surface area (Å²) in [6, 6.07) is 14.8. The van der Waals surface area contributed by atoms with Crippen molar-refractivity contribution in [3.05, 3.63) is 76.9 Å². The molecule has 1 amide bonds. The first-order valence-corrected chi connectivity index (χ1v) is 13.0. The summed E-state index contributed by atoms with van der Waals surface area (Å²) in [5.41, 5.74) is 2.55. The van der Waals surface area contributed by atoms with Gasteiger partial charge in [-0.05, 0) is 60.5 Å². The molecule has 0 spiro atoms. The van der Waals surface area contributed by atoms with Gasteiger partial charge in [-0.3, -0.25) is 14.5 Å². The minimum atomic E-state index is -0.973. The Bertz CT molecular complexity index is 1680. The van der Waals surface area contributed by atoms with Gasteiger partial charge in [0.1, 0.15) is 19.0 Å². The topological polar surface area (TPSA) is 107 Å². The molecule has 1 saturated heterocycles. The van der Waals surface area contributed by atoms with E-state index in [0.29, 0.717) is 58.0 Å². The van der Waals surface area contributed by atoms with Gasteiger partial charge in [0.25, 0.3) is 5.78 Å². The molecule has 198 valence electrons. The second-order valence-corrected chi connectivity index (χ2v) is 10.1. The number of anilines is 1. The van der Waals surface area contributed by atoms with Crippen molar-refractivity contribution < 1.29 is 33.6 Å². The molecular formula is C29H24N2O7S. The lowest BCUT2D eigenvalue weighted by atomic mass is 9.95. The number of rotatable bonds is 5. The van der Waals surface area contributed by atoms with Gasteiger partial charge in [0.15, 0.2) is 28.1 Å². The molecule has 3 heterocycles. The van der Waals surface area contributed by atoms with E-state index in [1.807, 2.05) is 25.1 Å². The van der Waals surface area contributed by atoms with Crippen LogP contribution in [0, 0.1) is 6.92 Å². The van der Waals surface area contributed by atoms with E-state index in [2.05, 4.69) is 4.98 Å². The number of aromatic nitrogens is 1. The van der Waals surface area contributed by atoms with Crippen molar-refractivity contribution in [1.29, 1.82) is 0 Å². The molecule has 0 saturated carbocycles. The van der Waals surface area contributed by atoms with Crippen LogP contribution in [0.3, 0.4) is 0 Å². The predicted octanol–water partition coefficient (Wildman–Crippen LogP) is 5.02. The molecule has 0 aliphatic carbocycles. The van der Waals surface area contributed by atoms with E-state index in [1.54, 1.807) is 36.4 Å². The van der Waals surface area contributed by atoms with Crippen LogP contribution in [0.2, 0.25) is 0 Å². The quantitative estimate of drug-likeness (QED) is 0.212. The van der Waals surface area contributed by atoms with Crippen LogP contribution in [0.25, 0.3) is 16.0 Å². The lowest BCUT2D eigenvalue weighted by Gasteiger charge is -2.24. The van der Waals surface area contributed by atoms with Gasteiger partial charge in [-0.15, -0.1) is 0 Å². The van der Waals surface area contributed by atoms with Gasteiger partial charge in [-0.25, -0.2) is 4.98 Å². The highest BCUT2D eigenvalue weighted by Gasteiger charge is 2.48. The van der Waals surface area contributed by atoms with E-state index >= 15 is 0 Å². The van der Waals surface area contributed by atoms with Crippen molar-refractivity contribution in [3.8, 4) is 23.0 Å². The Morgan fingerprint density at radius 3 is 2.51 bits per heavy atom. The number of thiazole rings is 1. The minimum Gasteiger partial charge on any atom is -0.507 e. The van der Waals surface area contributed by atoms with Gasteiger partial charge >= 0.3 is 5.91 Å². The lowest BCUT2D eigenvalue weighted by molar-refractivity contribution is -0.132. The van der Waals surface area contributed by atoms with Crippen molar-refractivity contribution in [1.82, 2.24) is 4.98 Å². The standard InChI is InChI=1S/C29H24N2O7S/c1-15-4-7-18-23(12-15)39-29(30-18)31-25(16-5-8-19(35-2)21(13-16)36-3)24(27(33)28(31)34)26(32)17-6-9-20-22(14-17)38-11-10-37-20/h4-9,12-14,25,32H,10-11H2,1-3H3/b26-24+. The Hall–Kier alpha value is -4.57. The molecule has 2 aliphatic heterocycles. The summed E-state index contributed by atoms with van der Waals surface area (Å²) in [6.07, 6.45) is 0. The number of aliphatic hydroxyl groups is 1. The minimum absolute atomic E-state index is 0.0701. The molecule has 6 rings (SSSR count). The molecule has 3 aromatic carbocycles. The first-order valence-electron chi connectivity index (χ1n) is 12.2. The summed E-state index contributed by atoms with van der Waals surface area (Å²) in [5, 5.41) is 11.9. The van der Waals surface area contributed by atoms with Gasteiger partial charge < -0.3 is 24.1 Å².